The van der Waals surface area contributed by atoms with Crippen LogP contribution >= 0.6 is 11.3 Å². The molecule has 0 unspecified atom stereocenters. The summed E-state index contributed by atoms with van der Waals surface area (Å²) < 4.78 is 0. The monoisotopic (exact) mass is 206 g/mol. The van der Waals surface area contributed by atoms with E-state index in [-0.39, 0.29) is 5.41 Å². The van der Waals surface area contributed by atoms with Crippen molar-refractivity contribution in [1.29, 1.82) is 5.26 Å². The van der Waals surface area contributed by atoms with Crippen LogP contribution in [-0.4, -0.2) is 6.54 Å². The zero-order valence-electron chi connectivity index (χ0n) is 8.34. The Hall–Kier alpha value is -1.01. The van der Waals surface area contributed by atoms with Gasteiger partial charge < -0.3 is 5.32 Å². The maximum atomic E-state index is 9.05. The molecule has 2 nitrogen and oxygen atoms in total. The Morgan fingerprint density at radius 2 is 2.43 bits per heavy atom. The van der Waals surface area contributed by atoms with Gasteiger partial charge in [0.15, 0.2) is 0 Å². The molecule has 1 fully saturated rings. The van der Waals surface area contributed by atoms with Crippen LogP contribution in [0.25, 0.3) is 0 Å². The van der Waals surface area contributed by atoms with E-state index < -0.39 is 0 Å². The topological polar surface area (TPSA) is 35.8 Å². The molecule has 0 spiro atoms. The van der Waals surface area contributed by atoms with Crippen LogP contribution in [0.2, 0.25) is 0 Å². The van der Waals surface area contributed by atoms with E-state index in [9.17, 15) is 0 Å². The van der Waals surface area contributed by atoms with E-state index in [1.165, 1.54) is 17.0 Å². The smallest absolute Gasteiger partial charge is 0.0912 e. The highest BCUT2D eigenvalue weighted by molar-refractivity contribution is 7.14. The zero-order valence-corrected chi connectivity index (χ0v) is 9.16. The Morgan fingerprint density at radius 1 is 1.64 bits per heavy atom. The molecule has 1 saturated carbocycles. The standard InChI is InChI=1S/C11H14N2S/c1-9-3-6-14-10(9)13-8-11(7-12)4-2-5-11/h3,6,13H,2,4-5,8H2,1H3. The molecule has 0 radical (unpaired) electrons. The van der Waals surface area contributed by atoms with E-state index in [0.717, 1.165) is 19.4 Å². The number of aryl methyl sites for hydroxylation is 1. The molecule has 1 aliphatic carbocycles. The normalized spacial score (nSPS) is 18.3. The first-order valence-electron chi connectivity index (χ1n) is 4.95. The molecule has 2 rings (SSSR count). The van der Waals surface area contributed by atoms with E-state index in [4.69, 9.17) is 5.26 Å². The highest BCUT2D eigenvalue weighted by atomic mass is 32.1. The predicted molar refractivity (Wildman–Crippen MR) is 59.4 cm³/mol. The Kier molecular flexibility index (Phi) is 2.47. The molecule has 0 bridgehead atoms. The maximum Gasteiger partial charge on any atom is 0.0912 e. The molecule has 1 aliphatic rings. The summed E-state index contributed by atoms with van der Waals surface area (Å²) in [4.78, 5) is 0. The fourth-order valence-corrected chi connectivity index (χ4v) is 2.55. The third kappa shape index (κ3) is 1.62. The highest BCUT2D eigenvalue weighted by Crippen LogP contribution is 2.40. The van der Waals surface area contributed by atoms with Gasteiger partial charge in [-0.05, 0) is 36.8 Å². The summed E-state index contributed by atoms with van der Waals surface area (Å²) in [6.45, 7) is 2.91. The van der Waals surface area contributed by atoms with Crippen molar-refractivity contribution in [3.8, 4) is 6.07 Å². The average Bonchev–Trinajstić information content (AvgIpc) is 2.51. The Bertz CT molecular complexity index is 358. The number of nitrogens with one attached hydrogen (secondary N) is 1. The van der Waals surface area contributed by atoms with Crippen molar-refractivity contribution in [2.24, 2.45) is 5.41 Å². The average molecular weight is 206 g/mol. The third-order valence-electron chi connectivity index (χ3n) is 3.00. The van der Waals surface area contributed by atoms with E-state index >= 15 is 0 Å². The molecule has 1 aromatic heterocycles. The fourth-order valence-electron chi connectivity index (χ4n) is 1.73. The second kappa shape index (κ2) is 3.62. The summed E-state index contributed by atoms with van der Waals surface area (Å²) >= 11 is 1.71. The van der Waals surface area contributed by atoms with Crippen LogP contribution in [0.15, 0.2) is 11.4 Å². The Labute approximate surface area is 88.6 Å². The first-order chi connectivity index (χ1) is 6.76. The van der Waals surface area contributed by atoms with Gasteiger partial charge in [0.05, 0.1) is 16.5 Å². The molecule has 0 amide bonds. The SMILES string of the molecule is Cc1ccsc1NCC1(C#N)CCC1. The minimum absolute atomic E-state index is 0.0730. The summed E-state index contributed by atoms with van der Waals surface area (Å²) in [5, 5.41) is 15.7. The minimum atomic E-state index is -0.0730. The Morgan fingerprint density at radius 3 is 2.86 bits per heavy atom. The highest BCUT2D eigenvalue weighted by Gasteiger charge is 2.36. The summed E-state index contributed by atoms with van der Waals surface area (Å²) in [6, 6.07) is 4.54. The molecule has 1 heterocycles. The molecule has 3 heteroatoms. The van der Waals surface area contributed by atoms with E-state index in [0.29, 0.717) is 0 Å². The lowest BCUT2D eigenvalue weighted by molar-refractivity contribution is 0.233. The van der Waals surface area contributed by atoms with Gasteiger partial charge in [0.2, 0.25) is 0 Å². The van der Waals surface area contributed by atoms with Gasteiger partial charge in [0.25, 0.3) is 0 Å². The quantitative estimate of drug-likeness (QED) is 0.824. The number of hydrogen-bond acceptors (Lipinski definition) is 3. The number of rotatable bonds is 3. The van der Waals surface area contributed by atoms with Crippen molar-refractivity contribution in [2.75, 3.05) is 11.9 Å². The van der Waals surface area contributed by atoms with Crippen LogP contribution < -0.4 is 5.32 Å². The van der Waals surface area contributed by atoms with Crippen molar-refractivity contribution in [3.63, 3.8) is 0 Å². The van der Waals surface area contributed by atoms with Crippen molar-refractivity contribution < 1.29 is 0 Å². The van der Waals surface area contributed by atoms with Crippen LogP contribution in [-0.2, 0) is 0 Å². The van der Waals surface area contributed by atoms with Crippen LogP contribution in [0.3, 0.4) is 0 Å². The number of nitriles is 1. The van der Waals surface area contributed by atoms with Gasteiger partial charge >= 0.3 is 0 Å². The maximum absolute atomic E-state index is 9.05. The lowest BCUT2D eigenvalue weighted by atomic mass is 9.70. The van der Waals surface area contributed by atoms with Crippen molar-refractivity contribution in [2.45, 2.75) is 26.2 Å². The molecule has 0 saturated heterocycles. The van der Waals surface area contributed by atoms with Crippen LogP contribution in [0, 0.1) is 23.7 Å². The molecule has 0 aliphatic heterocycles. The lowest BCUT2D eigenvalue weighted by Crippen LogP contribution is -2.34. The van der Waals surface area contributed by atoms with E-state index in [1.54, 1.807) is 11.3 Å². The zero-order chi connectivity index (χ0) is 10.0. The molecular weight excluding hydrogens is 192 g/mol. The number of nitrogens with zero attached hydrogens (tertiary/aromatic N) is 1. The van der Waals surface area contributed by atoms with Gasteiger partial charge in [-0.2, -0.15) is 5.26 Å². The van der Waals surface area contributed by atoms with Crippen molar-refractivity contribution >= 4 is 16.3 Å². The number of anilines is 1. The van der Waals surface area contributed by atoms with Gasteiger partial charge in [0, 0.05) is 6.54 Å². The number of hydrogen-bond donors (Lipinski definition) is 1. The fraction of sp³-hybridized carbons (Fsp3) is 0.545. The third-order valence-corrected chi connectivity index (χ3v) is 3.97. The van der Waals surface area contributed by atoms with Crippen molar-refractivity contribution in [3.05, 3.63) is 17.0 Å². The van der Waals surface area contributed by atoms with Crippen LogP contribution in [0.5, 0.6) is 0 Å². The predicted octanol–water partition coefficient (Wildman–Crippen LogP) is 3.16. The molecule has 0 atom stereocenters. The summed E-state index contributed by atoms with van der Waals surface area (Å²) in [5.41, 5.74) is 1.21. The lowest BCUT2D eigenvalue weighted by Gasteiger charge is -2.35. The van der Waals surface area contributed by atoms with Gasteiger partial charge in [0.1, 0.15) is 0 Å². The first-order valence-corrected chi connectivity index (χ1v) is 5.83. The molecular formula is C11H14N2S. The summed E-state index contributed by atoms with van der Waals surface area (Å²) in [6.07, 6.45) is 3.32. The van der Waals surface area contributed by atoms with Gasteiger partial charge in [-0.3, -0.25) is 0 Å². The summed E-state index contributed by atoms with van der Waals surface area (Å²) in [5.74, 6) is 0. The van der Waals surface area contributed by atoms with Crippen LogP contribution in [0.1, 0.15) is 24.8 Å². The molecule has 14 heavy (non-hydrogen) atoms. The molecule has 1 N–H and O–H groups in total. The Balaban J connectivity index is 1.95. The number of thiophene rings is 1. The largest absolute Gasteiger partial charge is 0.375 e. The second-order valence-electron chi connectivity index (χ2n) is 4.03. The van der Waals surface area contributed by atoms with Gasteiger partial charge in [-0.15, -0.1) is 11.3 Å². The van der Waals surface area contributed by atoms with Gasteiger partial charge in [-0.1, -0.05) is 6.42 Å². The van der Waals surface area contributed by atoms with Gasteiger partial charge in [-0.25, -0.2) is 0 Å². The molecule has 74 valence electrons. The second-order valence-corrected chi connectivity index (χ2v) is 4.95. The van der Waals surface area contributed by atoms with E-state index in [1.807, 2.05) is 0 Å². The van der Waals surface area contributed by atoms with Crippen LogP contribution in [0.4, 0.5) is 5.00 Å². The van der Waals surface area contributed by atoms with E-state index in [2.05, 4.69) is 29.8 Å². The first kappa shape index (κ1) is 9.54. The van der Waals surface area contributed by atoms with Crippen molar-refractivity contribution in [1.82, 2.24) is 0 Å². The minimum Gasteiger partial charge on any atom is -0.375 e. The summed E-state index contributed by atoms with van der Waals surface area (Å²) in [7, 11) is 0. The molecule has 1 aromatic rings. The molecule has 0 aromatic carbocycles.